The van der Waals surface area contributed by atoms with Crippen molar-refractivity contribution in [2.24, 2.45) is 11.5 Å². The number of urea groups is 1. The second-order valence-electron chi connectivity index (χ2n) is 5.56. The quantitative estimate of drug-likeness (QED) is 0.532. The summed E-state index contributed by atoms with van der Waals surface area (Å²) in [5.74, 6) is -1.82. The summed E-state index contributed by atoms with van der Waals surface area (Å²) >= 11 is 0. The number of hydrogen-bond donors (Lipinski definition) is 4. The van der Waals surface area contributed by atoms with Gasteiger partial charge in [-0.05, 0) is 18.1 Å². The van der Waals surface area contributed by atoms with Gasteiger partial charge in [-0.15, -0.1) is 0 Å². The highest BCUT2D eigenvalue weighted by Crippen LogP contribution is 2.33. The minimum atomic E-state index is -1.51. The van der Waals surface area contributed by atoms with Gasteiger partial charge in [0.1, 0.15) is 0 Å². The summed E-state index contributed by atoms with van der Waals surface area (Å²) < 4.78 is 0. The van der Waals surface area contributed by atoms with E-state index in [9.17, 15) is 14.4 Å². The summed E-state index contributed by atoms with van der Waals surface area (Å²) in [4.78, 5) is 36.1. The molecule has 1 aliphatic heterocycles. The van der Waals surface area contributed by atoms with Crippen LogP contribution in [0.1, 0.15) is 17.9 Å². The molecule has 8 heteroatoms. The highest BCUT2D eigenvalue weighted by atomic mass is 16.2. The molecule has 1 heterocycles. The molecule has 0 saturated carbocycles. The van der Waals surface area contributed by atoms with Gasteiger partial charge in [-0.3, -0.25) is 9.59 Å². The van der Waals surface area contributed by atoms with E-state index in [1.807, 2.05) is 31.3 Å². The molecule has 2 rings (SSSR count). The molecule has 0 radical (unpaired) electrons. The van der Waals surface area contributed by atoms with E-state index in [-0.39, 0.29) is 5.92 Å². The Morgan fingerprint density at radius 2 is 1.91 bits per heavy atom. The number of carbonyl (C=O) groups excluding carboxylic acids is 3. The Balaban J connectivity index is 1.96. The van der Waals surface area contributed by atoms with E-state index in [2.05, 4.69) is 15.5 Å². The Bertz CT molecular complexity index is 605. The first-order chi connectivity index (χ1) is 10.9. The van der Waals surface area contributed by atoms with E-state index in [0.29, 0.717) is 6.54 Å². The zero-order valence-electron chi connectivity index (χ0n) is 12.9. The molecule has 8 nitrogen and oxygen atoms in total. The van der Waals surface area contributed by atoms with Crippen LogP contribution < -0.4 is 27.0 Å². The average Bonchev–Trinajstić information content (AvgIpc) is 2.51. The van der Waals surface area contributed by atoms with Crippen LogP contribution in [0.3, 0.4) is 0 Å². The molecule has 0 unspecified atom stereocenters. The zero-order valence-corrected chi connectivity index (χ0v) is 12.9. The Morgan fingerprint density at radius 1 is 1.26 bits per heavy atom. The molecular weight excluding hydrogens is 298 g/mol. The van der Waals surface area contributed by atoms with Crippen molar-refractivity contribution in [2.75, 3.05) is 25.0 Å². The molecule has 1 aliphatic rings. The van der Waals surface area contributed by atoms with Crippen molar-refractivity contribution < 1.29 is 14.4 Å². The molecule has 0 bridgehead atoms. The molecule has 6 N–H and O–H groups in total. The van der Waals surface area contributed by atoms with Gasteiger partial charge >= 0.3 is 6.03 Å². The standard InChI is InChI=1S/C15H21N5O3/c1-20-7-6-9(10-4-2-3-5-11(10)20)8-18-15(23)19-12(13(16)21)14(17)22/h2-5,9,12H,6-8H2,1H3,(H2,16,21)(H2,17,22)(H2,18,19,23)/t9-/m1/s1. The first-order valence-electron chi connectivity index (χ1n) is 7.33. The summed E-state index contributed by atoms with van der Waals surface area (Å²) in [6.07, 6.45) is 0.892. The molecule has 0 saturated heterocycles. The number of amides is 4. The second-order valence-corrected chi connectivity index (χ2v) is 5.56. The van der Waals surface area contributed by atoms with Crippen LogP contribution in [0.5, 0.6) is 0 Å². The summed E-state index contributed by atoms with van der Waals surface area (Å²) in [5.41, 5.74) is 12.3. The number of para-hydroxylation sites is 1. The maximum Gasteiger partial charge on any atom is 0.315 e. The van der Waals surface area contributed by atoms with Crippen molar-refractivity contribution in [3.8, 4) is 0 Å². The molecule has 1 aromatic carbocycles. The molecule has 124 valence electrons. The smallest absolute Gasteiger partial charge is 0.315 e. The van der Waals surface area contributed by atoms with Crippen LogP contribution in [0.2, 0.25) is 0 Å². The maximum absolute atomic E-state index is 11.8. The number of nitrogens with two attached hydrogens (primary N) is 2. The van der Waals surface area contributed by atoms with Crippen LogP contribution in [0, 0.1) is 0 Å². The Labute approximate surface area is 134 Å². The highest BCUT2D eigenvalue weighted by Gasteiger charge is 2.26. The molecule has 0 aliphatic carbocycles. The lowest BCUT2D eigenvalue weighted by molar-refractivity contribution is -0.128. The minimum absolute atomic E-state index is 0.161. The van der Waals surface area contributed by atoms with Crippen LogP contribution in [-0.4, -0.2) is 44.0 Å². The number of nitrogens with zero attached hydrogens (tertiary/aromatic N) is 1. The lowest BCUT2D eigenvalue weighted by atomic mass is 9.90. The van der Waals surface area contributed by atoms with Gasteiger partial charge in [-0.25, -0.2) is 4.79 Å². The summed E-state index contributed by atoms with van der Waals surface area (Å²) in [7, 11) is 2.03. The minimum Gasteiger partial charge on any atom is -0.374 e. The number of benzene rings is 1. The summed E-state index contributed by atoms with van der Waals surface area (Å²) in [5, 5.41) is 4.84. The van der Waals surface area contributed by atoms with E-state index in [0.717, 1.165) is 24.2 Å². The highest BCUT2D eigenvalue weighted by molar-refractivity contribution is 6.05. The van der Waals surface area contributed by atoms with Crippen LogP contribution in [0.15, 0.2) is 24.3 Å². The van der Waals surface area contributed by atoms with Gasteiger partial charge < -0.3 is 27.0 Å². The van der Waals surface area contributed by atoms with Gasteiger partial charge in [-0.1, -0.05) is 18.2 Å². The van der Waals surface area contributed by atoms with E-state index in [1.54, 1.807) is 0 Å². The van der Waals surface area contributed by atoms with E-state index in [4.69, 9.17) is 11.5 Å². The van der Waals surface area contributed by atoms with E-state index < -0.39 is 23.9 Å². The normalized spacial score (nSPS) is 16.6. The number of rotatable bonds is 5. The van der Waals surface area contributed by atoms with Crippen LogP contribution in [0.4, 0.5) is 10.5 Å². The van der Waals surface area contributed by atoms with Crippen molar-refractivity contribution in [1.29, 1.82) is 0 Å². The van der Waals surface area contributed by atoms with E-state index >= 15 is 0 Å². The predicted molar refractivity (Wildman–Crippen MR) is 85.8 cm³/mol. The van der Waals surface area contributed by atoms with Crippen molar-refractivity contribution in [3.63, 3.8) is 0 Å². The number of anilines is 1. The van der Waals surface area contributed by atoms with Crippen molar-refractivity contribution >= 4 is 23.5 Å². The molecule has 1 atom stereocenters. The second kappa shape index (κ2) is 6.99. The third kappa shape index (κ3) is 3.91. The number of hydrogen-bond acceptors (Lipinski definition) is 4. The monoisotopic (exact) mass is 319 g/mol. The van der Waals surface area contributed by atoms with Crippen LogP contribution in [0.25, 0.3) is 0 Å². The van der Waals surface area contributed by atoms with E-state index in [1.165, 1.54) is 0 Å². The number of carbonyl (C=O) groups is 3. The topological polar surface area (TPSA) is 131 Å². The molecule has 0 spiro atoms. The fourth-order valence-electron chi connectivity index (χ4n) is 2.70. The first kappa shape index (κ1) is 16.6. The van der Waals surface area contributed by atoms with Gasteiger partial charge in [0.25, 0.3) is 0 Å². The molecule has 1 aromatic rings. The average molecular weight is 319 g/mol. The zero-order chi connectivity index (χ0) is 17.0. The molecule has 23 heavy (non-hydrogen) atoms. The molecule has 0 fully saturated rings. The van der Waals surface area contributed by atoms with Crippen molar-refractivity contribution in [3.05, 3.63) is 29.8 Å². The molecular formula is C15H21N5O3. The first-order valence-corrected chi connectivity index (χ1v) is 7.33. The molecule has 4 amide bonds. The summed E-state index contributed by atoms with van der Waals surface area (Å²) in [6.45, 7) is 1.27. The predicted octanol–water partition coefficient (Wildman–Crippen LogP) is -0.751. The third-order valence-electron chi connectivity index (χ3n) is 3.95. The summed E-state index contributed by atoms with van der Waals surface area (Å²) in [6, 6.07) is 5.84. The lowest BCUT2D eigenvalue weighted by Gasteiger charge is -2.33. The number of nitrogens with one attached hydrogen (secondary N) is 2. The van der Waals surface area contributed by atoms with Gasteiger partial charge in [-0.2, -0.15) is 0 Å². The Morgan fingerprint density at radius 3 is 2.57 bits per heavy atom. The fraction of sp³-hybridized carbons (Fsp3) is 0.400. The van der Waals surface area contributed by atoms with Gasteiger partial charge in [0, 0.05) is 31.7 Å². The maximum atomic E-state index is 11.8. The van der Waals surface area contributed by atoms with Crippen molar-refractivity contribution in [1.82, 2.24) is 10.6 Å². The number of primary amides is 2. The number of fused-ring (bicyclic) bond motifs is 1. The van der Waals surface area contributed by atoms with Gasteiger partial charge in [0.05, 0.1) is 0 Å². The fourth-order valence-corrected chi connectivity index (χ4v) is 2.70. The lowest BCUT2D eigenvalue weighted by Crippen LogP contribution is -2.55. The van der Waals surface area contributed by atoms with Gasteiger partial charge in [0.15, 0.2) is 6.04 Å². The Hall–Kier alpha value is -2.77. The van der Waals surface area contributed by atoms with Gasteiger partial charge in [0.2, 0.25) is 11.8 Å². The van der Waals surface area contributed by atoms with Crippen LogP contribution >= 0.6 is 0 Å². The molecule has 0 aromatic heterocycles. The largest absolute Gasteiger partial charge is 0.374 e. The third-order valence-corrected chi connectivity index (χ3v) is 3.95. The van der Waals surface area contributed by atoms with Crippen LogP contribution in [-0.2, 0) is 9.59 Å². The van der Waals surface area contributed by atoms with Crippen molar-refractivity contribution in [2.45, 2.75) is 18.4 Å². The SMILES string of the molecule is CN1CC[C@H](CNC(=O)NC(C(N)=O)C(N)=O)c2ccccc21. The Kier molecular flexibility index (Phi) is 5.05.